The van der Waals surface area contributed by atoms with E-state index in [1.165, 1.54) is 0 Å². The van der Waals surface area contributed by atoms with Gasteiger partial charge in [0, 0.05) is 15.1 Å². The number of anilines is 1. The minimum atomic E-state index is -0.00338. The molecule has 1 N–H and O–H groups in total. The highest BCUT2D eigenvalue weighted by Gasteiger charge is 2.05. The Kier molecular flexibility index (Phi) is 5.05. The molecule has 0 heterocycles. The molecule has 0 bridgehead atoms. The zero-order valence-electron chi connectivity index (χ0n) is 10.5. The molecule has 0 aliphatic carbocycles. The fraction of sp³-hybridized carbons (Fsp3) is 0.133. The fourth-order valence-corrected chi connectivity index (χ4v) is 2.64. The molecule has 0 saturated carbocycles. The van der Waals surface area contributed by atoms with Gasteiger partial charge in [0.1, 0.15) is 0 Å². The quantitative estimate of drug-likeness (QED) is 0.841. The van der Waals surface area contributed by atoms with Gasteiger partial charge in [0.25, 0.3) is 0 Å². The molecule has 0 aliphatic heterocycles. The summed E-state index contributed by atoms with van der Waals surface area (Å²) in [6, 6.07) is 15.6. The molecule has 0 radical (unpaired) electrons. The van der Waals surface area contributed by atoms with E-state index in [1.807, 2.05) is 54.8 Å². The van der Waals surface area contributed by atoms with E-state index in [9.17, 15) is 4.79 Å². The van der Waals surface area contributed by atoms with Crippen LogP contribution >= 0.6 is 27.7 Å². The van der Waals surface area contributed by atoms with E-state index in [1.54, 1.807) is 11.8 Å². The van der Waals surface area contributed by atoms with Crippen molar-refractivity contribution >= 4 is 39.3 Å². The van der Waals surface area contributed by atoms with Crippen LogP contribution in [-0.4, -0.2) is 12.2 Å². The van der Waals surface area contributed by atoms with Gasteiger partial charge < -0.3 is 5.32 Å². The van der Waals surface area contributed by atoms with Crippen LogP contribution in [0.5, 0.6) is 0 Å². The van der Waals surface area contributed by atoms with E-state index >= 15 is 0 Å². The second-order valence-corrected chi connectivity index (χ2v) is 5.88. The minimum absolute atomic E-state index is 0.00338. The first-order valence-corrected chi connectivity index (χ1v) is 7.87. The first kappa shape index (κ1) is 14.2. The first-order chi connectivity index (χ1) is 9.17. The predicted octanol–water partition coefficient (Wildman–Crippen LogP) is 4.35. The molecule has 0 aromatic heterocycles. The number of hydrogen-bond acceptors (Lipinski definition) is 2. The Hall–Kier alpha value is -1.26. The molecular formula is C15H14BrNOS. The maximum absolute atomic E-state index is 12.0. The van der Waals surface area contributed by atoms with Gasteiger partial charge >= 0.3 is 0 Å². The Morgan fingerprint density at radius 1 is 1.21 bits per heavy atom. The number of benzene rings is 2. The second-order valence-electron chi connectivity index (χ2n) is 4.09. The number of halogens is 1. The van der Waals surface area contributed by atoms with Gasteiger partial charge in [0.2, 0.25) is 5.91 Å². The second kappa shape index (κ2) is 6.78. The van der Waals surface area contributed by atoms with Crippen LogP contribution in [0.4, 0.5) is 5.69 Å². The van der Waals surface area contributed by atoms with Gasteiger partial charge in [-0.25, -0.2) is 0 Å². The van der Waals surface area contributed by atoms with Crippen molar-refractivity contribution in [1.82, 2.24) is 0 Å². The van der Waals surface area contributed by atoms with Crippen molar-refractivity contribution in [3.63, 3.8) is 0 Å². The van der Waals surface area contributed by atoms with Crippen molar-refractivity contribution in [2.24, 2.45) is 0 Å². The SMILES string of the molecule is CSc1cccc(NC(=O)Cc2cccc(Br)c2)c1. The monoisotopic (exact) mass is 335 g/mol. The Morgan fingerprint density at radius 2 is 2.00 bits per heavy atom. The third-order valence-corrected chi connectivity index (χ3v) is 3.83. The lowest BCUT2D eigenvalue weighted by molar-refractivity contribution is -0.115. The molecule has 2 nitrogen and oxygen atoms in total. The zero-order valence-corrected chi connectivity index (χ0v) is 12.9. The average molecular weight is 336 g/mol. The van der Waals surface area contributed by atoms with E-state index in [-0.39, 0.29) is 5.91 Å². The molecule has 2 aromatic rings. The van der Waals surface area contributed by atoms with E-state index in [4.69, 9.17) is 0 Å². The van der Waals surface area contributed by atoms with Gasteiger partial charge in [-0.3, -0.25) is 4.79 Å². The van der Waals surface area contributed by atoms with Gasteiger partial charge in [0.15, 0.2) is 0 Å². The first-order valence-electron chi connectivity index (χ1n) is 5.86. The standard InChI is InChI=1S/C15H14BrNOS/c1-19-14-7-3-6-13(10-14)17-15(18)9-11-4-2-5-12(16)8-11/h2-8,10H,9H2,1H3,(H,17,18). The zero-order chi connectivity index (χ0) is 13.7. The molecule has 0 atom stereocenters. The van der Waals surface area contributed by atoms with Gasteiger partial charge in [-0.2, -0.15) is 0 Å². The number of carbonyl (C=O) groups is 1. The number of hydrogen-bond donors (Lipinski definition) is 1. The summed E-state index contributed by atoms with van der Waals surface area (Å²) in [4.78, 5) is 13.1. The lowest BCUT2D eigenvalue weighted by Gasteiger charge is -2.07. The van der Waals surface area contributed by atoms with E-state index < -0.39 is 0 Å². The van der Waals surface area contributed by atoms with Gasteiger partial charge in [-0.1, -0.05) is 34.1 Å². The highest BCUT2D eigenvalue weighted by molar-refractivity contribution is 9.10. The number of nitrogens with one attached hydrogen (secondary N) is 1. The normalized spacial score (nSPS) is 10.2. The van der Waals surface area contributed by atoms with E-state index in [2.05, 4.69) is 21.2 Å². The fourth-order valence-electron chi connectivity index (χ4n) is 1.74. The third-order valence-electron chi connectivity index (χ3n) is 2.61. The van der Waals surface area contributed by atoms with Gasteiger partial charge in [0.05, 0.1) is 6.42 Å². The highest BCUT2D eigenvalue weighted by Crippen LogP contribution is 2.19. The Morgan fingerprint density at radius 3 is 2.74 bits per heavy atom. The Balaban J connectivity index is 2.01. The van der Waals surface area contributed by atoms with E-state index in [0.717, 1.165) is 20.6 Å². The molecule has 0 spiro atoms. The van der Waals surface area contributed by atoms with Gasteiger partial charge in [-0.05, 0) is 42.2 Å². The molecular weight excluding hydrogens is 322 g/mol. The Bertz CT molecular complexity index is 586. The maximum Gasteiger partial charge on any atom is 0.228 e. The molecule has 2 aromatic carbocycles. The highest BCUT2D eigenvalue weighted by atomic mass is 79.9. The van der Waals surface area contributed by atoms with Crippen molar-refractivity contribution in [1.29, 1.82) is 0 Å². The van der Waals surface area contributed by atoms with Crippen LogP contribution in [0.1, 0.15) is 5.56 Å². The smallest absolute Gasteiger partial charge is 0.228 e. The topological polar surface area (TPSA) is 29.1 Å². The third kappa shape index (κ3) is 4.40. The van der Waals surface area contributed by atoms with Crippen LogP contribution in [-0.2, 0) is 11.2 Å². The summed E-state index contributed by atoms with van der Waals surface area (Å²) in [6.07, 6.45) is 2.39. The van der Waals surface area contributed by atoms with Crippen LogP contribution in [0.25, 0.3) is 0 Å². The molecule has 0 fully saturated rings. The summed E-state index contributed by atoms with van der Waals surface area (Å²) in [7, 11) is 0. The van der Waals surface area contributed by atoms with Crippen LogP contribution in [0.3, 0.4) is 0 Å². The Labute approximate surface area is 125 Å². The summed E-state index contributed by atoms with van der Waals surface area (Å²) < 4.78 is 0.988. The molecule has 98 valence electrons. The average Bonchev–Trinajstić information content (AvgIpc) is 2.38. The van der Waals surface area contributed by atoms with Gasteiger partial charge in [-0.15, -0.1) is 11.8 Å². The number of thioether (sulfide) groups is 1. The van der Waals surface area contributed by atoms with Crippen LogP contribution in [0.15, 0.2) is 57.9 Å². The summed E-state index contributed by atoms with van der Waals surface area (Å²) >= 11 is 5.06. The minimum Gasteiger partial charge on any atom is -0.326 e. The van der Waals surface area contributed by atoms with Crippen molar-refractivity contribution < 1.29 is 4.79 Å². The van der Waals surface area contributed by atoms with Crippen molar-refractivity contribution in [2.45, 2.75) is 11.3 Å². The summed E-state index contributed by atoms with van der Waals surface area (Å²) in [5.74, 6) is -0.00338. The molecule has 4 heteroatoms. The van der Waals surface area contributed by atoms with Crippen molar-refractivity contribution in [2.75, 3.05) is 11.6 Å². The summed E-state index contributed by atoms with van der Waals surface area (Å²) in [5, 5.41) is 2.92. The lowest BCUT2D eigenvalue weighted by Crippen LogP contribution is -2.14. The molecule has 0 saturated heterocycles. The predicted molar refractivity (Wildman–Crippen MR) is 84.7 cm³/mol. The largest absolute Gasteiger partial charge is 0.326 e. The summed E-state index contributed by atoms with van der Waals surface area (Å²) in [6.45, 7) is 0. The maximum atomic E-state index is 12.0. The van der Waals surface area contributed by atoms with Crippen LogP contribution in [0, 0.1) is 0 Å². The molecule has 2 rings (SSSR count). The molecule has 1 amide bonds. The van der Waals surface area contributed by atoms with Crippen molar-refractivity contribution in [3.05, 3.63) is 58.6 Å². The summed E-state index contributed by atoms with van der Waals surface area (Å²) in [5.41, 5.74) is 1.83. The number of rotatable bonds is 4. The number of carbonyl (C=O) groups excluding carboxylic acids is 1. The molecule has 19 heavy (non-hydrogen) atoms. The van der Waals surface area contributed by atoms with Crippen molar-refractivity contribution in [3.8, 4) is 0 Å². The molecule has 0 unspecified atom stereocenters. The number of amides is 1. The van der Waals surface area contributed by atoms with Crippen LogP contribution < -0.4 is 5.32 Å². The molecule has 0 aliphatic rings. The van der Waals surface area contributed by atoms with E-state index in [0.29, 0.717) is 6.42 Å². The lowest BCUT2D eigenvalue weighted by atomic mass is 10.1. The van der Waals surface area contributed by atoms with Crippen LogP contribution in [0.2, 0.25) is 0 Å².